The number of rotatable bonds is 3. The molecule has 2 N–H and O–H groups in total. The van der Waals surface area contributed by atoms with Gasteiger partial charge in [-0.3, -0.25) is 0 Å². The van der Waals surface area contributed by atoms with E-state index in [0.29, 0.717) is 12.0 Å². The molecular formula is C9H11N3O2. The Kier molecular flexibility index (Phi) is 2.30. The van der Waals surface area contributed by atoms with E-state index >= 15 is 0 Å². The topological polar surface area (TPSA) is 75.1 Å². The summed E-state index contributed by atoms with van der Waals surface area (Å²) in [6.07, 6.45) is 6.16. The fraction of sp³-hybridized carbons (Fsp3) is 0.444. The lowest BCUT2D eigenvalue weighted by Gasteiger charge is -2.26. The molecule has 0 saturated heterocycles. The Bertz CT molecular complexity index is 332. The number of nitrogens with one attached hydrogen (secondary N) is 1. The first kappa shape index (κ1) is 8.93. The average molecular weight is 193 g/mol. The van der Waals surface area contributed by atoms with Crippen molar-refractivity contribution in [3.8, 4) is 0 Å². The third-order valence-corrected chi connectivity index (χ3v) is 2.34. The van der Waals surface area contributed by atoms with Crippen molar-refractivity contribution in [2.75, 3.05) is 5.32 Å². The highest BCUT2D eigenvalue weighted by Gasteiger charge is 2.17. The molecule has 1 aliphatic carbocycles. The van der Waals surface area contributed by atoms with E-state index < -0.39 is 5.97 Å². The van der Waals surface area contributed by atoms with Gasteiger partial charge in [-0.25, -0.2) is 14.8 Å². The van der Waals surface area contributed by atoms with Gasteiger partial charge in [-0.2, -0.15) is 0 Å². The molecule has 0 aromatic carbocycles. The first-order valence-corrected chi connectivity index (χ1v) is 4.57. The number of carboxylic acid groups (broad SMARTS) is 1. The van der Waals surface area contributed by atoms with Crippen LogP contribution >= 0.6 is 0 Å². The number of carboxylic acids is 1. The second-order valence-corrected chi connectivity index (χ2v) is 3.37. The Labute approximate surface area is 81.2 Å². The molecule has 0 atom stereocenters. The molecule has 1 aromatic heterocycles. The summed E-state index contributed by atoms with van der Waals surface area (Å²) < 4.78 is 0. The second kappa shape index (κ2) is 3.61. The van der Waals surface area contributed by atoms with Crippen LogP contribution in [0.4, 0.5) is 5.95 Å². The van der Waals surface area contributed by atoms with E-state index in [2.05, 4.69) is 15.3 Å². The molecule has 1 saturated carbocycles. The van der Waals surface area contributed by atoms with E-state index in [0.717, 1.165) is 12.8 Å². The summed E-state index contributed by atoms with van der Waals surface area (Å²) in [6.45, 7) is 0. The molecule has 2 rings (SSSR count). The molecule has 74 valence electrons. The summed E-state index contributed by atoms with van der Waals surface area (Å²) in [5.41, 5.74) is 0.115. The smallest absolute Gasteiger partial charge is 0.338 e. The Morgan fingerprint density at radius 2 is 2.07 bits per heavy atom. The number of carbonyl (C=O) groups is 1. The predicted octanol–water partition coefficient (Wildman–Crippen LogP) is 1.14. The van der Waals surface area contributed by atoms with E-state index in [1.807, 2.05) is 0 Å². The molecule has 0 radical (unpaired) electrons. The highest BCUT2D eigenvalue weighted by molar-refractivity contribution is 5.86. The number of hydrogen-bond donors (Lipinski definition) is 2. The van der Waals surface area contributed by atoms with Gasteiger partial charge in [0.05, 0.1) is 5.56 Å². The van der Waals surface area contributed by atoms with Crippen molar-refractivity contribution >= 4 is 11.9 Å². The van der Waals surface area contributed by atoms with Gasteiger partial charge < -0.3 is 10.4 Å². The van der Waals surface area contributed by atoms with Gasteiger partial charge in [0.2, 0.25) is 5.95 Å². The predicted molar refractivity (Wildman–Crippen MR) is 50.3 cm³/mol. The van der Waals surface area contributed by atoms with Crippen LogP contribution in [0, 0.1) is 0 Å². The maximum absolute atomic E-state index is 10.5. The molecule has 0 unspecified atom stereocenters. The number of anilines is 1. The van der Waals surface area contributed by atoms with Gasteiger partial charge in [0.15, 0.2) is 0 Å². The Hall–Kier alpha value is -1.65. The quantitative estimate of drug-likeness (QED) is 0.752. The second-order valence-electron chi connectivity index (χ2n) is 3.37. The Morgan fingerprint density at radius 1 is 1.43 bits per heavy atom. The van der Waals surface area contributed by atoms with Gasteiger partial charge in [-0.15, -0.1) is 0 Å². The van der Waals surface area contributed by atoms with Crippen molar-refractivity contribution in [2.24, 2.45) is 0 Å². The molecule has 1 heterocycles. The average Bonchev–Trinajstić information content (AvgIpc) is 2.12. The molecule has 14 heavy (non-hydrogen) atoms. The third-order valence-electron chi connectivity index (χ3n) is 2.34. The van der Waals surface area contributed by atoms with Crippen LogP contribution in [-0.2, 0) is 0 Å². The number of aromatic nitrogens is 2. The first-order chi connectivity index (χ1) is 6.75. The first-order valence-electron chi connectivity index (χ1n) is 4.57. The van der Waals surface area contributed by atoms with Gasteiger partial charge in [0.1, 0.15) is 0 Å². The summed E-state index contributed by atoms with van der Waals surface area (Å²) in [4.78, 5) is 18.3. The summed E-state index contributed by atoms with van der Waals surface area (Å²) in [5, 5.41) is 11.7. The van der Waals surface area contributed by atoms with Crippen LogP contribution in [0.25, 0.3) is 0 Å². The monoisotopic (exact) mass is 193 g/mol. The minimum atomic E-state index is -1.000. The molecule has 5 heteroatoms. The minimum absolute atomic E-state index is 0.115. The summed E-state index contributed by atoms with van der Waals surface area (Å²) in [6, 6.07) is 0.464. The molecule has 0 amide bonds. The maximum atomic E-state index is 10.5. The number of nitrogens with zero attached hydrogens (tertiary/aromatic N) is 2. The van der Waals surface area contributed by atoms with Gasteiger partial charge in [-0.1, -0.05) is 0 Å². The molecule has 1 fully saturated rings. The van der Waals surface area contributed by atoms with Gasteiger partial charge >= 0.3 is 5.97 Å². The van der Waals surface area contributed by atoms with Crippen LogP contribution in [0.1, 0.15) is 29.6 Å². The lowest BCUT2D eigenvalue weighted by atomic mass is 9.93. The number of hydrogen-bond acceptors (Lipinski definition) is 4. The van der Waals surface area contributed by atoms with Crippen LogP contribution in [0.5, 0.6) is 0 Å². The van der Waals surface area contributed by atoms with E-state index in [1.54, 1.807) is 0 Å². The van der Waals surface area contributed by atoms with Crippen molar-refractivity contribution < 1.29 is 9.90 Å². The van der Waals surface area contributed by atoms with Crippen LogP contribution in [0.2, 0.25) is 0 Å². The van der Waals surface area contributed by atoms with E-state index in [9.17, 15) is 4.79 Å². The highest BCUT2D eigenvalue weighted by Crippen LogP contribution is 2.21. The van der Waals surface area contributed by atoms with Gasteiger partial charge in [-0.05, 0) is 19.3 Å². The number of aromatic carboxylic acids is 1. The van der Waals surface area contributed by atoms with E-state index in [-0.39, 0.29) is 5.56 Å². The van der Waals surface area contributed by atoms with Crippen LogP contribution in [0.3, 0.4) is 0 Å². The summed E-state index contributed by atoms with van der Waals surface area (Å²) in [7, 11) is 0. The highest BCUT2D eigenvalue weighted by atomic mass is 16.4. The molecule has 0 spiro atoms. The largest absolute Gasteiger partial charge is 0.478 e. The zero-order valence-corrected chi connectivity index (χ0v) is 7.60. The molecule has 0 bridgehead atoms. The van der Waals surface area contributed by atoms with Crippen molar-refractivity contribution in [1.82, 2.24) is 9.97 Å². The zero-order valence-electron chi connectivity index (χ0n) is 7.60. The lowest BCUT2D eigenvalue weighted by Crippen LogP contribution is -2.28. The van der Waals surface area contributed by atoms with Crippen LogP contribution in [0.15, 0.2) is 12.4 Å². The third kappa shape index (κ3) is 1.81. The minimum Gasteiger partial charge on any atom is -0.478 e. The summed E-state index contributed by atoms with van der Waals surface area (Å²) >= 11 is 0. The normalized spacial score (nSPS) is 16.0. The molecule has 5 nitrogen and oxygen atoms in total. The van der Waals surface area contributed by atoms with E-state index in [4.69, 9.17) is 5.11 Å². The Balaban J connectivity index is 2.01. The molecular weight excluding hydrogens is 182 g/mol. The zero-order chi connectivity index (χ0) is 9.97. The van der Waals surface area contributed by atoms with E-state index in [1.165, 1.54) is 18.8 Å². The Morgan fingerprint density at radius 3 is 2.50 bits per heavy atom. The van der Waals surface area contributed by atoms with Crippen molar-refractivity contribution in [3.05, 3.63) is 18.0 Å². The molecule has 1 aromatic rings. The van der Waals surface area contributed by atoms with Crippen LogP contribution in [-0.4, -0.2) is 27.1 Å². The molecule has 1 aliphatic rings. The van der Waals surface area contributed by atoms with Crippen molar-refractivity contribution in [2.45, 2.75) is 25.3 Å². The van der Waals surface area contributed by atoms with Gasteiger partial charge in [0, 0.05) is 18.4 Å². The van der Waals surface area contributed by atoms with Crippen LogP contribution < -0.4 is 5.32 Å². The lowest BCUT2D eigenvalue weighted by molar-refractivity contribution is 0.0696. The SMILES string of the molecule is O=C(O)c1cnc(NC2CCC2)nc1. The van der Waals surface area contributed by atoms with Gasteiger partial charge in [0.25, 0.3) is 0 Å². The maximum Gasteiger partial charge on any atom is 0.338 e. The molecule has 0 aliphatic heterocycles. The van der Waals surface area contributed by atoms with Crippen molar-refractivity contribution in [1.29, 1.82) is 0 Å². The van der Waals surface area contributed by atoms with Crippen molar-refractivity contribution in [3.63, 3.8) is 0 Å². The standard InChI is InChI=1S/C9H11N3O2/c13-8(14)6-4-10-9(11-5-6)12-7-2-1-3-7/h4-5,7H,1-3H2,(H,13,14)(H,10,11,12). The fourth-order valence-corrected chi connectivity index (χ4v) is 1.25. The fourth-order valence-electron chi connectivity index (χ4n) is 1.25. The summed E-state index contributed by atoms with van der Waals surface area (Å²) in [5.74, 6) is -0.486.